The highest BCUT2D eigenvalue weighted by atomic mass is 15.2. The third-order valence-electron chi connectivity index (χ3n) is 4.41. The van der Waals surface area contributed by atoms with Gasteiger partial charge in [0.15, 0.2) is 0 Å². The molecule has 1 aromatic rings. The smallest absolute Gasteiger partial charge is 0.0473 e. The van der Waals surface area contributed by atoms with Gasteiger partial charge in [-0.1, -0.05) is 36.6 Å². The number of rotatable bonds is 4. The Kier molecular flexibility index (Phi) is 4.41. The molecule has 18 heavy (non-hydrogen) atoms. The van der Waals surface area contributed by atoms with Gasteiger partial charge in [0.25, 0.3) is 0 Å². The van der Waals surface area contributed by atoms with Crippen LogP contribution in [0.3, 0.4) is 0 Å². The number of likely N-dealkylation sites (N-methyl/N-ethyl adjacent to an activating group) is 1. The Labute approximate surface area is 111 Å². The predicted molar refractivity (Wildman–Crippen MR) is 77.7 cm³/mol. The van der Waals surface area contributed by atoms with Gasteiger partial charge in [-0.2, -0.15) is 0 Å². The molecule has 0 heterocycles. The van der Waals surface area contributed by atoms with Gasteiger partial charge in [-0.25, -0.2) is 0 Å². The molecule has 2 heteroatoms. The highest BCUT2D eigenvalue weighted by molar-refractivity contribution is 5.33. The van der Waals surface area contributed by atoms with E-state index in [0.29, 0.717) is 12.6 Å². The molecule has 0 spiro atoms. The quantitative estimate of drug-likeness (QED) is 0.884. The van der Waals surface area contributed by atoms with Crippen molar-refractivity contribution in [2.75, 3.05) is 13.6 Å². The van der Waals surface area contributed by atoms with Gasteiger partial charge in [-0.3, -0.25) is 4.90 Å². The monoisotopic (exact) mass is 246 g/mol. The van der Waals surface area contributed by atoms with Crippen molar-refractivity contribution in [1.29, 1.82) is 0 Å². The van der Waals surface area contributed by atoms with E-state index >= 15 is 0 Å². The van der Waals surface area contributed by atoms with Crippen molar-refractivity contribution in [2.45, 2.75) is 51.6 Å². The van der Waals surface area contributed by atoms with E-state index in [9.17, 15) is 0 Å². The third-order valence-corrected chi connectivity index (χ3v) is 4.41. The molecule has 1 unspecified atom stereocenters. The van der Waals surface area contributed by atoms with Crippen molar-refractivity contribution in [3.05, 3.63) is 34.9 Å². The number of hydrogen-bond acceptors (Lipinski definition) is 2. The molecule has 100 valence electrons. The highest BCUT2D eigenvalue weighted by Gasteiger charge is 2.26. The largest absolute Gasteiger partial charge is 0.329 e. The normalized spacial score (nSPS) is 18.5. The number of hydrogen-bond donors (Lipinski definition) is 1. The Morgan fingerprint density at radius 3 is 2.56 bits per heavy atom. The fraction of sp³-hybridized carbons (Fsp3) is 0.625. The van der Waals surface area contributed by atoms with E-state index in [0.717, 1.165) is 6.04 Å². The van der Waals surface area contributed by atoms with Gasteiger partial charge in [0.1, 0.15) is 0 Å². The van der Waals surface area contributed by atoms with Crippen LogP contribution in [0.2, 0.25) is 0 Å². The lowest BCUT2D eigenvalue weighted by Gasteiger charge is -2.33. The number of nitrogens with two attached hydrogens (primary N) is 1. The molecule has 0 saturated heterocycles. The first-order valence-electron chi connectivity index (χ1n) is 7.12. The fourth-order valence-corrected chi connectivity index (χ4v) is 3.20. The minimum absolute atomic E-state index is 0.369. The lowest BCUT2D eigenvalue weighted by atomic mass is 9.96. The summed E-state index contributed by atoms with van der Waals surface area (Å²) in [5, 5.41) is 0. The molecule has 0 amide bonds. The van der Waals surface area contributed by atoms with Crippen LogP contribution in [0.4, 0.5) is 0 Å². The van der Waals surface area contributed by atoms with Gasteiger partial charge in [0, 0.05) is 18.6 Å². The zero-order valence-electron chi connectivity index (χ0n) is 11.9. The van der Waals surface area contributed by atoms with E-state index in [1.807, 2.05) is 0 Å². The molecule has 0 bridgehead atoms. The maximum atomic E-state index is 6.05. The standard InChI is InChI=1S/C16H26N2/c1-12-8-9-13(2)15(10-12)16(11-17)18(3)14-6-4-5-7-14/h8-10,14,16H,4-7,11,17H2,1-3H3. The first-order valence-corrected chi connectivity index (χ1v) is 7.12. The maximum Gasteiger partial charge on any atom is 0.0473 e. The molecule has 2 rings (SSSR count). The van der Waals surface area contributed by atoms with Crippen molar-refractivity contribution >= 4 is 0 Å². The minimum Gasteiger partial charge on any atom is -0.329 e. The fourth-order valence-electron chi connectivity index (χ4n) is 3.20. The molecule has 1 aliphatic rings. The van der Waals surface area contributed by atoms with E-state index in [1.165, 1.54) is 42.4 Å². The Bertz CT molecular complexity index is 394. The number of aryl methyl sites for hydroxylation is 2. The lowest BCUT2D eigenvalue weighted by molar-refractivity contribution is 0.179. The number of benzene rings is 1. The topological polar surface area (TPSA) is 29.3 Å². The molecule has 1 aliphatic carbocycles. The Morgan fingerprint density at radius 2 is 1.94 bits per heavy atom. The SMILES string of the molecule is Cc1ccc(C)c(C(CN)N(C)C2CCCC2)c1. The summed E-state index contributed by atoms with van der Waals surface area (Å²) < 4.78 is 0. The second kappa shape index (κ2) is 5.85. The van der Waals surface area contributed by atoms with E-state index in [4.69, 9.17) is 5.73 Å². The van der Waals surface area contributed by atoms with Gasteiger partial charge >= 0.3 is 0 Å². The molecule has 1 saturated carbocycles. The lowest BCUT2D eigenvalue weighted by Crippen LogP contribution is -2.37. The molecule has 0 radical (unpaired) electrons. The zero-order chi connectivity index (χ0) is 13.1. The molecular weight excluding hydrogens is 220 g/mol. The van der Waals surface area contributed by atoms with Crippen LogP contribution >= 0.6 is 0 Å². The average Bonchev–Trinajstić information content (AvgIpc) is 2.88. The van der Waals surface area contributed by atoms with Crippen molar-refractivity contribution < 1.29 is 0 Å². The summed E-state index contributed by atoms with van der Waals surface area (Å²) in [5.74, 6) is 0. The molecule has 1 fully saturated rings. The molecular formula is C16H26N2. The van der Waals surface area contributed by atoms with Crippen LogP contribution in [-0.2, 0) is 0 Å². The van der Waals surface area contributed by atoms with E-state index in [-0.39, 0.29) is 0 Å². The van der Waals surface area contributed by atoms with E-state index < -0.39 is 0 Å². The second-order valence-corrected chi connectivity index (χ2v) is 5.72. The summed E-state index contributed by atoms with van der Waals surface area (Å²) in [4.78, 5) is 2.51. The molecule has 1 atom stereocenters. The van der Waals surface area contributed by atoms with Crippen molar-refractivity contribution in [2.24, 2.45) is 5.73 Å². The average molecular weight is 246 g/mol. The summed E-state index contributed by atoms with van der Waals surface area (Å²) in [6, 6.07) is 7.79. The summed E-state index contributed by atoms with van der Waals surface area (Å²) in [6.07, 6.45) is 5.41. The van der Waals surface area contributed by atoms with Gasteiger partial charge in [-0.05, 0) is 44.9 Å². The first-order chi connectivity index (χ1) is 8.63. The van der Waals surface area contributed by atoms with Crippen LogP contribution in [0, 0.1) is 13.8 Å². The van der Waals surface area contributed by atoms with Crippen LogP contribution < -0.4 is 5.73 Å². The Morgan fingerprint density at radius 1 is 1.28 bits per heavy atom. The van der Waals surface area contributed by atoms with Crippen molar-refractivity contribution in [3.8, 4) is 0 Å². The highest BCUT2D eigenvalue weighted by Crippen LogP contribution is 2.30. The van der Waals surface area contributed by atoms with Gasteiger partial charge in [0.2, 0.25) is 0 Å². The summed E-state index contributed by atoms with van der Waals surface area (Å²) >= 11 is 0. The Hall–Kier alpha value is -0.860. The molecule has 2 nitrogen and oxygen atoms in total. The molecule has 0 aliphatic heterocycles. The van der Waals surface area contributed by atoms with Crippen LogP contribution in [0.1, 0.15) is 48.4 Å². The molecule has 2 N–H and O–H groups in total. The maximum absolute atomic E-state index is 6.05. The van der Waals surface area contributed by atoms with Crippen LogP contribution in [0.25, 0.3) is 0 Å². The molecule has 1 aromatic carbocycles. The summed E-state index contributed by atoms with van der Waals surface area (Å²) in [5.41, 5.74) is 10.1. The van der Waals surface area contributed by atoms with E-state index in [1.54, 1.807) is 0 Å². The summed E-state index contributed by atoms with van der Waals surface area (Å²) in [7, 11) is 2.25. The van der Waals surface area contributed by atoms with Gasteiger partial charge in [0.05, 0.1) is 0 Å². The van der Waals surface area contributed by atoms with Crippen LogP contribution in [0.15, 0.2) is 18.2 Å². The Balaban J connectivity index is 2.23. The van der Waals surface area contributed by atoms with E-state index in [2.05, 4.69) is 44.0 Å². The van der Waals surface area contributed by atoms with Crippen molar-refractivity contribution in [1.82, 2.24) is 4.90 Å². The van der Waals surface area contributed by atoms with Gasteiger partial charge < -0.3 is 5.73 Å². The first kappa shape index (κ1) is 13.6. The van der Waals surface area contributed by atoms with Crippen LogP contribution in [-0.4, -0.2) is 24.5 Å². The zero-order valence-corrected chi connectivity index (χ0v) is 11.9. The summed E-state index contributed by atoms with van der Waals surface area (Å²) in [6.45, 7) is 5.06. The van der Waals surface area contributed by atoms with Gasteiger partial charge in [-0.15, -0.1) is 0 Å². The molecule has 0 aromatic heterocycles. The van der Waals surface area contributed by atoms with Crippen molar-refractivity contribution in [3.63, 3.8) is 0 Å². The third kappa shape index (κ3) is 2.76. The predicted octanol–water partition coefficient (Wildman–Crippen LogP) is 3.18. The second-order valence-electron chi connectivity index (χ2n) is 5.72. The minimum atomic E-state index is 0.369. The number of nitrogens with zero attached hydrogens (tertiary/aromatic N) is 1. The van der Waals surface area contributed by atoms with Crippen LogP contribution in [0.5, 0.6) is 0 Å².